The number of rotatable bonds is 66. The van der Waals surface area contributed by atoms with E-state index >= 15 is 0 Å². The van der Waals surface area contributed by atoms with Crippen LogP contribution in [0.2, 0.25) is 0 Å². The molecule has 0 spiro atoms. The molecule has 0 rings (SSSR count). The number of unbranched alkanes of at least 4 members (excludes halogenated alkanes) is 30. The van der Waals surface area contributed by atoms with Crippen molar-refractivity contribution in [3.8, 4) is 0 Å². The maximum atomic E-state index is 14.3. The third-order valence-electron chi connectivity index (χ3n) is 12.9. The minimum absolute atomic E-state index is 0.193. The molecular weight excluding hydrogens is 948 g/mol. The smallest absolute Gasteiger partial charge is 0.359 e. The summed E-state index contributed by atoms with van der Waals surface area (Å²) in [6.45, 7) is 16.6. The van der Waals surface area contributed by atoms with Gasteiger partial charge in [0.1, 0.15) is 0 Å². The van der Waals surface area contributed by atoms with Gasteiger partial charge in [0.05, 0.1) is 144 Å². The van der Waals surface area contributed by atoms with Gasteiger partial charge >= 0.3 is 7.60 Å². The van der Waals surface area contributed by atoms with E-state index in [-0.39, 0.29) is 6.61 Å². The minimum atomic E-state index is -3.47. The number of hydrogen-bond acceptors (Lipinski definition) is 13. The van der Waals surface area contributed by atoms with Gasteiger partial charge in [-0.1, -0.05) is 213 Å². The molecular formula is C59H119O13P. The number of ether oxygens (including phenoxy) is 10. The molecule has 0 aliphatic carbocycles. The lowest BCUT2D eigenvalue weighted by molar-refractivity contribution is -0.0256. The molecule has 73 heavy (non-hydrogen) atoms. The summed E-state index contributed by atoms with van der Waals surface area (Å²) in [6, 6.07) is 0. The molecule has 0 heterocycles. The van der Waals surface area contributed by atoms with Gasteiger partial charge < -0.3 is 56.4 Å². The molecule has 13 nitrogen and oxygen atoms in total. The fraction of sp³-hybridized carbons (Fsp3) is 0.966. The zero-order valence-corrected chi connectivity index (χ0v) is 49.2. The van der Waals surface area contributed by atoms with Crippen LogP contribution in [-0.2, 0) is 61.0 Å². The van der Waals surface area contributed by atoms with Gasteiger partial charge in [0.15, 0.2) is 0 Å². The Balaban J connectivity index is 4.18. The Morgan fingerprint density at radius 1 is 0.288 bits per heavy atom. The SMILES string of the molecule is C/C=C(/COCCOCCOCCOCCOCCOCCOCCOCCOCCOC)P(=O)(OCCCCCCCCCCCCCCCCCC)OCCCCCCCCCCCCCCCCCC. The van der Waals surface area contributed by atoms with E-state index in [4.69, 9.17) is 56.4 Å². The van der Waals surface area contributed by atoms with E-state index in [1.807, 2.05) is 13.0 Å². The van der Waals surface area contributed by atoms with Crippen LogP contribution in [0.1, 0.15) is 226 Å². The monoisotopic (exact) mass is 1070 g/mol. The molecule has 0 fully saturated rings. The third kappa shape index (κ3) is 57.5. The summed E-state index contributed by atoms with van der Waals surface area (Å²) in [6.07, 6.45) is 43.9. The van der Waals surface area contributed by atoms with Crippen LogP contribution in [0.4, 0.5) is 0 Å². The van der Waals surface area contributed by atoms with Crippen molar-refractivity contribution >= 4 is 7.60 Å². The summed E-state index contributed by atoms with van der Waals surface area (Å²) < 4.78 is 81.7. The fourth-order valence-corrected chi connectivity index (χ4v) is 9.98. The van der Waals surface area contributed by atoms with Crippen LogP contribution >= 0.6 is 7.60 Å². The van der Waals surface area contributed by atoms with Crippen LogP contribution in [-0.4, -0.2) is 146 Å². The van der Waals surface area contributed by atoms with Gasteiger partial charge in [-0.15, -0.1) is 0 Å². The van der Waals surface area contributed by atoms with Crippen molar-refractivity contribution in [3.05, 3.63) is 11.4 Å². The van der Waals surface area contributed by atoms with E-state index in [1.54, 1.807) is 7.11 Å². The third-order valence-corrected chi connectivity index (χ3v) is 15.0. The molecule has 0 aliphatic heterocycles. The van der Waals surface area contributed by atoms with Gasteiger partial charge in [0, 0.05) is 7.11 Å². The average Bonchev–Trinajstić information content (AvgIpc) is 3.40. The summed E-state index contributed by atoms with van der Waals surface area (Å²) >= 11 is 0. The van der Waals surface area contributed by atoms with Crippen LogP contribution in [0, 0.1) is 0 Å². The Bertz CT molecular complexity index is 1060. The highest BCUT2D eigenvalue weighted by molar-refractivity contribution is 7.58. The molecule has 0 saturated carbocycles. The molecule has 438 valence electrons. The predicted molar refractivity (Wildman–Crippen MR) is 302 cm³/mol. The predicted octanol–water partition coefficient (Wildman–Crippen LogP) is 15.4. The van der Waals surface area contributed by atoms with Gasteiger partial charge in [-0.3, -0.25) is 4.57 Å². The Morgan fingerprint density at radius 3 is 0.712 bits per heavy atom. The molecule has 0 saturated heterocycles. The summed E-state index contributed by atoms with van der Waals surface area (Å²) in [7, 11) is -1.82. The Hall–Kier alpha value is -0.510. The molecule has 0 unspecified atom stereocenters. The zero-order chi connectivity index (χ0) is 52.7. The summed E-state index contributed by atoms with van der Waals surface area (Å²) in [5, 5.41) is 0.596. The van der Waals surface area contributed by atoms with Gasteiger partial charge in [-0.2, -0.15) is 0 Å². The molecule has 0 aromatic rings. The zero-order valence-electron chi connectivity index (χ0n) is 48.3. The molecule has 0 amide bonds. The first-order valence-electron chi connectivity index (χ1n) is 30.4. The first-order chi connectivity index (χ1) is 36.1. The highest BCUT2D eigenvalue weighted by Crippen LogP contribution is 2.56. The number of methoxy groups -OCH3 is 1. The molecule has 0 N–H and O–H groups in total. The van der Waals surface area contributed by atoms with Gasteiger partial charge in [-0.25, -0.2) is 0 Å². The second-order valence-electron chi connectivity index (χ2n) is 19.5. The van der Waals surface area contributed by atoms with E-state index in [9.17, 15) is 4.57 Å². The standard InChI is InChI=1S/C59H119O13P/c1-5-8-10-12-14-16-18-20-22-24-26-28-30-32-34-36-38-71-73(60,72-39-37-35-33-31-29-27-25-23-21-19-17-15-13-11-9-6-2)59(7-3)58-70-57-56-69-55-54-68-53-52-67-51-50-66-49-48-65-47-46-64-45-44-63-43-42-62-41-40-61-4/h7H,5-6,8-58H2,1-4H3/b59-7-. The van der Waals surface area contributed by atoms with Crippen LogP contribution < -0.4 is 0 Å². The molecule has 0 bridgehead atoms. The molecule has 0 atom stereocenters. The second kappa shape index (κ2) is 64.0. The van der Waals surface area contributed by atoms with E-state index in [0.717, 1.165) is 25.7 Å². The molecule has 0 aromatic heterocycles. The second-order valence-corrected chi connectivity index (χ2v) is 21.6. The van der Waals surface area contributed by atoms with E-state index in [2.05, 4.69) is 13.8 Å². The van der Waals surface area contributed by atoms with Crippen LogP contribution in [0.3, 0.4) is 0 Å². The quantitative estimate of drug-likeness (QED) is 0.0424. The normalized spacial score (nSPS) is 12.2. The number of hydrogen-bond donors (Lipinski definition) is 0. The first-order valence-corrected chi connectivity index (χ1v) is 31.9. The van der Waals surface area contributed by atoms with E-state index in [1.165, 1.54) is 180 Å². The molecule has 0 aromatic carbocycles. The maximum absolute atomic E-state index is 14.3. The van der Waals surface area contributed by atoms with E-state index < -0.39 is 7.60 Å². The largest absolute Gasteiger partial charge is 0.382 e. The van der Waals surface area contributed by atoms with Gasteiger partial charge in [-0.05, 0) is 19.8 Å². The Morgan fingerprint density at radius 2 is 0.493 bits per heavy atom. The summed E-state index contributed by atoms with van der Waals surface area (Å²) in [5.74, 6) is 0. The Labute approximate surface area is 450 Å². The van der Waals surface area contributed by atoms with Gasteiger partial charge in [0.25, 0.3) is 0 Å². The average molecular weight is 1070 g/mol. The Kier molecular flexibility index (Phi) is 63.6. The number of allylic oxidation sites excluding steroid dienone is 1. The minimum Gasteiger partial charge on any atom is -0.382 e. The van der Waals surface area contributed by atoms with Crippen molar-refractivity contribution in [1.82, 2.24) is 0 Å². The maximum Gasteiger partial charge on any atom is 0.359 e. The van der Waals surface area contributed by atoms with Crippen molar-refractivity contribution in [3.63, 3.8) is 0 Å². The topological polar surface area (TPSA) is 128 Å². The molecule has 14 heteroatoms. The lowest BCUT2D eigenvalue weighted by atomic mass is 10.0. The van der Waals surface area contributed by atoms with Crippen LogP contribution in [0.15, 0.2) is 11.4 Å². The highest BCUT2D eigenvalue weighted by atomic mass is 31.2. The van der Waals surface area contributed by atoms with Crippen LogP contribution in [0.5, 0.6) is 0 Å². The lowest BCUT2D eigenvalue weighted by Crippen LogP contribution is -2.15. The molecule has 0 aliphatic rings. The molecule has 0 radical (unpaired) electrons. The first kappa shape index (κ1) is 72.5. The van der Waals surface area contributed by atoms with Crippen molar-refractivity contribution in [2.75, 3.05) is 146 Å². The van der Waals surface area contributed by atoms with Crippen LogP contribution in [0.25, 0.3) is 0 Å². The fourth-order valence-electron chi connectivity index (χ4n) is 8.27. The highest BCUT2D eigenvalue weighted by Gasteiger charge is 2.30. The lowest BCUT2D eigenvalue weighted by Gasteiger charge is -2.21. The van der Waals surface area contributed by atoms with Crippen molar-refractivity contribution < 1.29 is 61.0 Å². The van der Waals surface area contributed by atoms with Crippen molar-refractivity contribution in [2.24, 2.45) is 0 Å². The summed E-state index contributed by atoms with van der Waals surface area (Å²) in [5.41, 5.74) is 0. The summed E-state index contributed by atoms with van der Waals surface area (Å²) in [4.78, 5) is 0. The van der Waals surface area contributed by atoms with Crippen molar-refractivity contribution in [1.29, 1.82) is 0 Å². The van der Waals surface area contributed by atoms with Crippen molar-refractivity contribution in [2.45, 2.75) is 226 Å². The van der Waals surface area contributed by atoms with E-state index in [0.29, 0.717) is 137 Å². The van der Waals surface area contributed by atoms with Gasteiger partial charge in [0.2, 0.25) is 0 Å².